The van der Waals surface area contributed by atoms with Crippen LogP contribution in [0.5, 0.6) is 0 Å². The van der Waals surface area contributed by atoms with Crippen molar-refractivity contribution < 1.29 is 0 Å². The predicted octanol–water partition coefficient (Wildman–Crippen LogP) is 2.65. The standard InChI is InChI=1S/C15H21N5/c1-3-6-16-14-8-13(12-9-17-20(2)10-12)18-15(19-14)7-11-4-5-11/h8-11H,3-7H2,1-2H3,(H,16,18,19). The van der Waals surface area contributed by atoms with Crippen molar-refractivity contribution in [1.29, 1.82) is 0 Å². The third-order valence-corrected chi connectivity index (χ3v) is 3.50. The Hall–Kier alpha value is -1.91. The van der Waals surface area contributed by atoms with E-state index in [4.69, 9.17) is 4.98 Å². The molecule has 5 nitrogen and oxygen atoms in total. The molecule has 0 spiro atoms. The molecule has 5 heteroatoms. The van der Waals surface area contributed by atoms with Crippen LogP contribution in [0.25, 0.3) is 11.3 Å². The van der Waals surface area contributed by atoms with Crippen LogP contribution in [0.2, 0.25) is 0 Å². The zero-order valence-electron chi connectivity index (χ0n) is 12.1. The van der Waals surface area contributed by atoms with Gasteiger partial charge in [-0.3, -0.25) is 4.68 Å². The van der Waals surface area contributed by atoms with Gasteiger partial charge < -0.3 is 5.32 Å². The van der Waals surface area contributed by atoms with Crippen molar-refractivity contribution in [2.75, 3.05) is 11.9 Å². The topological polar surface area (TPSA) is 55.6 Å². The maximum absolute atomic E-state index is 4.70. The summed E-state index contributed by atoms with van der Waals surface area (Å²) < 4.78 is 1.80. The van der Waals surface area contributed by atoms with E-state index < -0.39 is 0 Å². The molecule has 0 aliphatic heterocycles. The van der Waals surface area contributed by atoms with Crippen LogP contribution >= 0.6 is 0 Å². The molecule has 0 saturated heterocycles. The Morgan fingerprint density at radius 2 is 2.20 bits per heavy atom. The Bertz CT molecular complexity index is 586. The van der Waals surface area contributed by atoms with E-state index in [-0.39, 0.29) is 0 Å². The minimum atomic E-state index is 0.790. The highest BCUT2D eigenvalue weighted by Gasteiger charge is 2.23. The largest absolute Gasteiger partial charge is 0.370 e. The summed E-state index contributed by atoms with van der Waals surface area (Å²) in [6.45, 7) is 3.09. The lowest BCUT2D eigenvalue weighted by atomic mass is 10.2. The van der Waals surface area contributed by atoms with Crippen LogP contribution in [0.4, 0.5) is 5.82 Å². The summed E-state index contributed by atoms with van der Waals surface area (Å²) in [7, 11) is 1.92. The first-order chi connectivity index (χ1) is 9.74. The molecule has 20 heavy (non-hydrogen) atoms. The van der Waals surface area contributed by atoms with E-state index in [0.717, 1.165) is 48.2 Å². The molecule has 2 heterocycles. The SMILES string of the molecule is CCCNc1cc(-c2cnn(C)c2)nc(CC2CC2)n1. The van der Waals surface area contributed by atoms with Gasteiger partial charge in [0.25, 0.3) is 0 Å². The molecule has 0 amide bonds. The number of nitrogens with one attached hydrogen (secondary N) is 1. The summed E-state index contributed by atoms with van der Waals surface area (Å²) >= 11 is 0. The Labute approximate surface area is 119 Å². The second-order valence-electron chi connectivity index (χ2n) is 5.53. The van der Waals surface area contributed by atoms with E-state index in [1.807, 2.05) is 25.5 Å². The van der Waals surface area contributed by atoms with Gasteiger partial charge in [-0.05, 0) is 25.2 Å². The number of hydrogen-bond acceptors (Lipinski definition) is 4. The molecule has 1 aliphatic rings. The molecular formula is C15H21N5. The first kappa shape index (κ1) is 13.1. The van der Waals surface area contributed by atoms with Crippen molar-refractivity contribution in [2.24, 2.45) is 13.0 Å². The summed E-state index contributed by atoms with van der Waals surface area (Å²) in [5.74, 6) is 2.67. The highest BCUT2D eigenvalue weighted by atomic mass is 15.2. The second kappa shape index (κ2) is 5.61. The molecule has 2 aromatic heterocycles. The van der Waals surface area contributed by atoms with Crippen LogP contribution in [-0.2, 0) is 13.5 Å². The number of aryl methyl sites for hydroxylation is 1. The lowest BCUT2D eigenvalue weighted by Gasteiger charge is -2.08. The minimum absolute atomic E-state index is 0.790. The molecule has 0 radical (unpaired) electrons. The van der Waals surface area contributed by atoms with Gasteiger partial charge in [0.15, 0.2) is 0 Å². The zero-order chi connectivity index (χ0) is 13.9. The number of hydrogen-bond donors (Lipinski definition) is 1. The molecular weight excluding hydrogens is 250 g/mol. The monoisotopic (exact) mass is 271 g/mol. The summed E-state index contributed by atoms with van der Waals surface area (Å²) in [4.78, 5) is 9.33. The van der Waals surface area contributed by atoms with Crippen LogP contribution < -0.4 is 5.32 Å². The van der Waals surface area contributed by atoms with E-state index in [0.29, 0.717) is 0 Å². The Kier molecular flexibility index (Phi) is 3.67. The van der Waals surface area contributed by atoms with Crippen molar-refractivity contribution in [1.82, 2.24) is 19.7 Å². The fraction of sp³-hybridized carbons (Fsp3) is 0.533. The molecule has 1 aliphatic carbocycles. The van der Waals surface area contributed by atoms with Gasteiger partial charge >= 0.3 is 0 Å². The molecule has 0 unspecified atom stereocenters. The van der Waals surface area contributed by atoms with Gasteiger partial charge in [-0.25, -0.2) is 9.97 Å². The second-order valence-corrected chi connectivity index (χ2v) is 5.53. The molecule has 2 aromatic rings. The van der Waals surface area contributed by atoms with E-state index in [1.54, 1.807) is 4.68 Å². The van der Waals surface area contributed by atoms with Crippen LogP contribution in [0, 0.1) is 5.92 Å². The van der Waals surface area contributed by atoms with Crippen LogP contribution in [0.1, 0.15) is 32.0 Å². The van der Waals surface area contributed by atoms with Gasteiger partial charge in [0.05, 0.1) is 11.9 Å². The van der Waals surface area contributed by atoms with E-state index >= 15 is 0 Å². The zero-order valence-corrected chi connectivity index (χ0v) is 12.1. The van der Waals surface area contributed by atoms with Crippen molar-refractivity contribution >= 4 is 5.82 Å². The minimum Gasteiger partial charge on any atom is -0.370 e. The molecule has 0 bridgehead atoms. The number of aromatic nitrogens is 4. The molecule has 106 valence electrons. The lowest BCUT2D eigenvalue weighted by molar-refractivity contribution is 0.766. The number of rotatable bonds is 6. The molecule has 1 fully saturated rings. The Balaban J connectivity index is 1.89. The molecule has 1 N–H and O–H groups in total. The van der Waals surface area contributed by atoms with Gasteiger partial charge in [0, 0.05) is 37.8 Å². The number of anilines is 1. The normalized spacial score (nSPS) is 14.5. The fourth-order valence-corrected chi connectivity index (χ4v) is 2.21. The maximum Gasteiger partial charge on any atom is 0.131 e. The van der Waals surface area contributed by atoms with Crippen molar-refractivity contribution in [3.05, 3.63) is 24.3 Å². The quantitative estimate of drug-likeness (QED) is 0.877. The average molecular weight is 271 g/mol. The highest BCUT2D eigenvalue weighted by Crippen LogP contribution is 2.32. The smallest absolute Gasteiger partial charge is 0.131 e. The summed E-state index contributed by atoms with van der Waals surface area (Å²) in [5, 5.41) is 7.59. The number of nitrogens with zero attached hydrogens (tertiary/aromatic N) is 4. The van der Waals surface area contributed by atoms with Gasteiger partial charge in [-0.1, -0.05) is 6.92 Å². The van der Waals surface area contributed by atoms with E-state index in [2.05, 4.69) is 22.3 Å². The van der Waals surface area contributed by atoms with Crippen molar-refractivity contribution in [3.63, 3.8) is 0 Å². The highest BCUT2D eigenvalue weighted by molar-refractivity contribution is 5.61. The average Bonchev–Trinajstić information content (AvgIpc) is 3.14. The van der Waals surface area contributed by atoms with E-state index in [9.17, 15) is 0 Å². The predicted molar refractivity (Wildman–Crippen MR) is 79.4 cm³/mol. The molecule has 0 aromatic carbocycles. The van der Waals surface area contributed by atoms with Crippen LogP contribution in [0.3, 0.4) is 0 Å². The van der Waals surface area contributed by atoms with Gasteiger partial charge in [0.1, 0.15) is 11.6 Å². The first-order valence-corrected chi connectivity index (χ1v) is 7.35. The Morgan fingerprint density at radius 1 is 1.35 bits per heavy atom. The Morgan fingerprint density at radius 3 is 2.85 bits per heavy atom. The van der Waals surface area contributed by atoms with Crippen LogP contribution in [-0.4, -0.2) is 26.3 Å². The third-order valence-electron chi connectivity index (χ3n) is 3.50. The van der Waals surface area contributed by atoms with E-state index in [1.165, 1.54) is 12.8 Å². The van der Waals surface area contributed by atoms with Crippen molar-refractivity contribution in [2.45, 2.75) is 32.6 Å². The third kappa shape index (κ3) is 3.15. The first-order valence-electron chi connectivity index (χ1n) is 7.35. The molecule has 1 saturated carbocycles. The summed E-state index contributed by atoms with van der Waals surface area (Å²) in [6, 6.07) is 2.02. The van der Waals surface area contributed by atoms with Gasteiger partial charge in [0.2, 0.25) is 0 Å². The molecule has 0 atom stereocenters. The fourth-order valence-electron chi connectivity index (χ4n) is 2.21. The van der Waals surface area contributed by atoms with Gasteiger partial charge in [-0.2, -0.15) is 5.10 Å². The van der Waals surface area contributed by atoms with Crippen LogP contribution in [0.15, 0.2) is 18.5 Å². The maximum atomic E-state index is 4.70. The summed E-state index contributed by atoms with van der Waals surface area (Å²) in [6.07, 6.45) is 8.56. The lowest BCUT2D eigenvalue weighted by Crippen LogP contribution is -2.06. The molecule has 3 rings (SSSR count). The van der Waals surface area contributed by atoms with Crippen molar-refractivity contribution in [3.8, 4) is 11.3 Å². The van der Waals surface area contributed by atoms with Gasteiger partial charge in [-0.15, -0.1) is 0 Å². The summed E-state index contributed by atoms with van der Waals surface area (Å²) in [5.41, 5.74) is 2.01.